The Balaban J connectivity index is 1.82. The lowest BCUT2D eigenvalue weighted by molar-refractivity contribution is 0.417. The molecule has 6 heteroatoms. The SMILES string of the molecule is COc1ccc(CNc2ncnc3c(C)csc23)cc1N. The average Bonchev–Trinajstić information content (AvgIpc) is 2.87. The standard InChI is InChI=1S/C15H16N4OS/c1-9-7-21-14-13(9)18-8-19-15(14)17-6-10-3-4-12(20-2)11(16)5-10/h3-5,7-8H,6,16H2,1-2H3,(H,17,18,19). The average molecular weight is 300 g/mol. The number of anilines is 2. The normalized spacial score (nSPS) is 10.8. The topological polar surface area (TPSA) is 73.1 Å². The van der Waals surface area contributed by atoms with Crippen LogP contribution in [0.3, 0.4) is 0 Å². The first kappa shape index (κ1) is 13.6. The Bertz CT molecular complexity index is 784. The third kappa shape index (κ3) is 2.62. The molecule has 0 aliphatic heterocycles. The molecule has 3 rings (SSSR count). The smallest absolute Gasteiger partial charge is 0.147 e. The molecule has 3 N–H and O–H groups in total. The van der Waals surface area contributed by atoms with E-state index in [4.69, 9.17) is 10.5 Å². The molecule has 0 radical (unpaired) electrons. The summed E-state index contributed by atoms with van der Waals surface area (Å²) in [7, 11) is 1.61. The van der Waals surface area contributed by atoms with Crippen molar-refractivity contribution in [2.24, 2.45) is 0 Å². The van der Waals surface area contributed by atoms with E-state index in [0.29, 0.717) is 18.0 Å². The third-order valence-corrected chi connectivity index (χ3v) is 4.38. The minimum absolute atomic E-state index is 0.636. The van der Waals surface area contributed by atoms with Gasteiger partial charge in [0.2, 0.25) is 0 Å². The first-order valence-corrected chi connectivity index (χ1v) is 7.42. The molecule has 0 fully saturated rings. The van der Waals surface area contributed by atoms with Crippen LogP contribution >= 0.6 is 11.3 Å². The number of nitrogen functional groups attached to an aromatic ring is 1. The number of ether oxygens (including phenoxy) is 1. The summed E-state index contributed by atoms with van der Waals surface area (Å²) < 4.78 is 6.24. The van der Waals surface area contributed by atoms with Gasteiger partial charge < -0.3 is 15.8 Å². The number of hydrogen-bond donors (Lipinski definition) is 2. The van der Waals surface area contributed by atoms with Gasteiger partial charge in [-0.25, -0.2) is 9.97 Å². The number of nitrogens with one attached hydrogen (secondary N) is 1. The second-order valence-electron chi connectivity index (χ2n) is 4.75. The summed E-state index contributed by atoms with van der Waals surface area (Å²) in [6.07, 6.45) is 1.59. The Morgan fingerprint density at radius 3 is 2.95 bits per heavy atom. The molecule has 0 aliphatic rings. The second kappa shape index (κ2) is 5.57. The molecule has 1 aromatic carbocycles. The molecule has 0 saturated heterocycles. The molecular formula is C15H16N4OS. The molecule has 0 aliphatic carbocycles. The van der Waals surface area contributed by atoms with Crippen LogP contribution in [0.5, 0.6) is 5.75 Å². The molecule has 0 bridgehead atoms. The van der Waals surface area contributed by atoms with Gasteiger partial charge in [0.05, 0.1) is 23.0 Å². The number of fused-ring (bicyclic) bond motifs is 1. The molecule has 0 saturated carbocycles. The van der Waals surface area contributed by atoms with Gasteiger partial charge in [-0.3, -0.25) is 0 Å². The number of aryl methyl sites for hydroxylation is 1. The Labute approximate surface area is 126 Å². The van der Waals surface area contributed by atoms with Gasteiger partial charge in [-0.05, 0) is 35.6 Å². The van der Waals surface area contributed by atoms with Crippen LogP contribution in [0.1, 0.15) is 11.1 Å². The summed E-state index contributed by atoms with van der Waals surface area (Å²) in [5.41, 5.74) is 9.81. The lowest BCUT2D eigenvalue weighted by atomic mass is 10.2. The van der Waals surface area contributed by atoms with Crippen LogP contribution in [-0.4, -0.2) is 17.1 Å². The predicted molar refractivity (Wildman–Crippen MR) is 86.9 cm³/mol. The summed E-state index contributed by atoms with van der Waals surface area (Å²) in [5, 5.41) is 5.44. The number of thiophene rings is 1. The second-order valence-corrected chi connectivity index (χ2v) is 5.63. The van der Waals surface area contributed by atoms with Crippen molar-refractivity contribution in [3.63, 3.8) is 0 Å². The van der Waals surface area contributed by atoms with Crippen LogP contribution in [0, 0.1) is 6.92 Å². The van der Waals surface area contributed by atoms with Crippen molar-refractivity contribution >= 4 is 33.1 Å². The molecule has 21 heavy (non-hydrogen) atoms. The van der Waals surface area contributed by atoms with Crippen LogP contribution in [0.4, 0.5) is 11.5 Å². The van der Waals surface area contributed by atoms with E-state index in [9.17, 15) is 0 Å². The van der Waals surface area contributed by atoms with E-state index in [-0.39, 0.29) is 0 Å². The molecule has 0 spiro atoms. The Morgan fingerprint density at radius 2 is 2.19 bits per heavy atom. The van der Waals surface area contributed by atoms with Crippen molar-refractivity contribution in [2.75, 3.05) is 18.2 Å². The highest BCUT2D eigenvalue weighted by Crippen LogP contribution is 2.29. The fraction of sp³-hybridized carbons (Fsp3) is 0.200. The first-order chi connectivity index (χ1) is 10.2. The molecule has 2 heterocycles. The molecule has 0 amide bonds. The van der Waals surface area contributed by atoms with Crippen LogP contribution in [0.2, 0.25) is 0 Å². The number of hydrogen-bond acceptors (Lipinski definition) is 6. The van der Waals surface area contributed by atoms with Gasteiger partial charge in [-0.15, -0.1) is 11.3 Å². The van der Waals surface area contributed by atoms with Crippen LogP contribution in [0.15, 0.2) is 29.9 Å². The quantitative estimate of drug-likeness (QED) is 0.724. The van der Waals surface area contributed by atoms with Crippen molar-refractivity contribution in [1.29, 1.82) is 0 Å². The number of nitrogens with two attached hydrogens (primary N) is 1. The fourth-order valence-corrected chi connectivity index (χ4v) is 3.14. The number of nitrogens with zero attached hydrogens (tertiary/aromatic N) is 2. The van der Waals surface area contributed by atoms with Gasteiger partial charge in [0, 0.05) is 6.54 Å². The summed E-state index contributed by atoms with van der Waals surface area (Å²) in [6, 6.07) is 5.77. The Morgan fingerprint density at radius 1 is 1.33 bits per heavy atom. The van der Waals surface area contributed by atoms with E-state index in [0.717, 1.165) is 21.6 Å². The molecule has 108 valence electrons. The number of aromatic nitrogens is 2. The maximum Gasteiger partial charge on any atom is 0.147 e. The highest BCUT2D eigenvalue weighted by atomic mass is 32.1. The van der Waals surface area contributed by atoms with Crippen molar-refractivity contribution in [2.45, 2.75) is 13.5 Å². The van der Waals surface area contributed by atoms with Gasteiger partial charge in [-0.2, -0.15) is 0 Å². The Hall–Kier alpha value is -2.34. The van der Waals surface area contributed by atoms with E-state index >= 15 is 0 Å². The maximum atomic E-state index is 5.92. The minimum atomic E-state index is 0.636. The van der Waals surface area contributed by atoms with Gasteiger partial charge in [-0.1, -0.05) is 6.07 Å². The molecule has 5 nitrogen and oxygen atoms in total. The van der Waals surface area contributed by atoms with Crippen molar-refractivity contribution in [1.82, 2.24) is 9.97 Å². The van der Waals surface area contributed by atoms with Gasteiger partial charge >= 0.3 is 0 Å². The van der Waals surface area contributed by atoms with E-state index < -0.39 is 0 Å². The summed E-state index contributed by atoms with van der Waals surface area (Å²) in [5.74, 6) is 1.55. The molecule has 2 aromatic heterocycles. The lowest BCUT2D eigenvalue weighted by Crippen LogP contribution is -2.03. The van der Waals surface area contributed by atoms with Gasteiger partial charge in [0.1, 0.15) is 17.9 Å². The zero-order chi connectivity index (χ0) is 14.8. The van der Waals surface area contributed by atoms with E-state index in [2.05, 4.69) is 27.6 Å². The van der Waals surface area contributed by atoms with Crippen LogP contribution in [-0.2, 0) is 6.54 Å². The number of benzene rings is 1. The molecule has 0 atom stereocenters. The van der Waals surface area contributed by atoms with Crippen molar-refractivity contribution < 1.29 is 4.74 Å². The first-order valence-electron chi connectivity index (χ1n) is 6.54. The van der Waals surface area contributed by atoms with E-state index in [1.807, 2.05) is 18.2 Å². The molecular weight excluding hydrogens is 284 g/mol. The molecule has 3 aromatic rings. The maximum absolute atomic E-state index is 5.92. The summed E-state index contributed by atoms with van der Waals surface area (Å²) >= 11 is 1.65. The van der Waals surface area contributed by atoms with E-state index in [1.54, 1.807) is 24.8 Å². The highest BCUT2D eigenvalue weighted by Gasteiger charge is 2.08. The van der Waals surface area contributed by atoms with Crippen molar-refractivity contribution in [3.8, 4) is 5.75 Å². The Kier molecular flexibility index (Phi) is 3.62. The van der Waals surface area contributed by atoms with Gasteiger partial charge in [0.25, 0.3) is 0 Å². The zero-order valence-electron chi connectivity index (χ0n) is 11.9. The lowest BCUT2D eigenvalue weighted by Gasteiger charge is -2.09. The van der Waals surface area contributed by atoms with Gasteiger partial charge in [0.15, 0.2) is 0 Å². The highest BCUT2D eigenvalue weighted by molar-refractivity contribution is 7.18. The van der Waals surface area contributed by atoms with Crippen LogP contribution in [0.25, 0.3) is 10.2 Å². The monoisotopic (exact) mass is 300 g/mol. The zero-order valence-corrected chi connectivity index (χ0v) is 12.7. The predicted octanol–water partition coefficient (Wildman–Crippen LogP) is 3.20. The number of rotatable bonds is 4. The number of methoxy groups -OCH3 is 1. The molecule has 0 unspecified atom stereocenters. The van der Waals surface area contributed by atoms with Crippen molar-refractivity contribution in [3.05, 3.63) is 41.0 Å². The largest absolute Gasteiger partial charge is 0.495 e. The summed E-state index contributed by atoms with van der Waals surface area (Å²) in [6.45, 7) is 2.71. The third-order valence-electron chi connectivity index (χ3n) is 3.28. The summed E-state index contributed by atoms with van der Waals surface area (Å²) in [4.78, 5) is 8.64. The fourth-order valence-electron chi connectivity index (χ4n) is 2.17. The minimum Gasteiger partial charge on any atom is -0.495 e. The van der Waals surface area contributed by atoms with E-state index in [1.165, 1.54) is 5.56 Å². The van der Waals surface area contributed by atoms with Crippen LogP contribution < -0.4 is 15.8 Å².